The quantitative estimate of drug-likeness (QED) is 0.500. The Morgan fingerprint density at radius 1 is 1.06 bits per heavy atom. The van der Waals surface area contributed by atoms with Gasteiger partial charge in [-0.2, -0.15) is 5.10 Å². The van der Waals surface area contributed by atoms with E-state index in [9.17, 15) is 4.79 Å². The number of amides is 1. The van der Waals surface area contributed by atoms with Gasteiger partial charge in [0.25, 0.3) is 0 Å². The molecule has 1 atom stereocenters. The average Bonchev–Trinajstić information content (AvgIpc) is 3.15. The molecule has 8 heteroatoms. The standard InChI is InChI=1S/C24H28BrN5O2/c1-17-15-28(23(31)32-24(2,3)4)13-14-29(17)19-5-7-20(8-6-19)30-16-21(25)22(27-30)18-9-11-26-12-10-18/h5-12,16-17H,13-15H2,1-4H3/t17-/m0/s1. The van der Waals surface area contributed by atoms with Crippen molar-refractivity contribution in [1.29, 1.82) is 0 Å². The Hall–Kier alpha value is -2.87. The van der Waals surface area contributed by atoms with Gasteiger partial charge in [-0.3, -0.25) is 4.98 Å². The van der Waals surface area contributed by atoms with Crippen molar-refractivity contribution in [2.45, 2.75) is 39.3 Å². The SMILES string of the molecule is C[C@H]1CN(C(=O)OC(C)(C)C)CCN1c1ccc(-n2cc(Br)c(-c3ccncc3)n2)cc1. The van der Waals surface area contributed by atoms with Crippen molar-refractivity contribution < 1.29 is 9.53 Å². The summed E-state index contributed by atoms with van der Waals surface area (Å²) >= 11 is 3.62. The van der Waals surface area contributed by atoms with Crippen LogP contribution in [-0.2, 0) is 4.74 Å². The van der Waals surface area contributed by atoms with Crippen molar-refractivity contribution >= 4 is 27.7 Å². The number of benzene rings is 1. The van der Waals surface area contributed by atoms with Crippen LogP contribution in [0.25, 0.3) is 16.9 Å². The maximum Gasteiger partial charge on any atom is 0.410 e. The fraction of sp³-hybridized carbons (Fsp3) is 0.375. The third-order valence-corrected chi connectivity index (χ3v) is 5.93. The number of aromatic nitrogens is 3. The van der Waals surface area contributed by atoms with Crippen molar-refractivity contribution in [3.8, 4) is 16.9 Å². The first-order chi connectivity index (χ1) is 15.2. The zero-order valence-electron chi connectivity index (χ0n) is 18.8. The predicted octanol–water partition coefficient (Wildman–Crippen LogP) is 5.14. The van der Waals surface area contributed by atoms with E-state index < -0.39 is 5.60 Å². The van der Waals surface area contributed by atoms with Crippen LogP contribution in [0.1, 0.15) is 27.7 Å². The summed E-state index contributed by atoms with van der Waals surface area (Å²) in [6.45, 7) is 9.86. The van der Waals surface area contributed by atoms with Crippen LogP contribution in [0.5, 0.6) is 0 Å². The number of pyridine rings is 1. The summed E-state index contributed by atoms with van der Waals surface area (Å²) in [5.74, 6) is 0. The van der Waals surface area contributed by atoms with Crippen molar-refractivity contribution in [3.05, 3.63) is 59.5 Å². The second kappa shape index (κ2) is 8.94. The van der Waals surface area contributed by atoms with Gasteiger partial charge in [-0.15, -0.1) is 0 Å². The Balaban J connectivity index is 1.45. The lowest BCUT2D eigenvalue weighted by Gasteiger charge is -2.41. The first-order valence-electron chi connectivity index (χ1n) is 10.7. The van der Waals surface area contributed by atoms with Gasteiger partial charge in [-0.25, -0.2) is 9.48 Å². The Morgan fingerprint density at radius 2 is 1.72 bits per heavy atom. The Morgan fingerprint density at radius 3 is 2.34 bits per heavy atom. The smallest absolute Gasteiger partial charge is 0.410 e. The average molecular weight is 498 g/mol. The molecule has 1 aliphatic rings. The Labute approximate surface area is 197 Å². The number of rotatable bonds is 3. The predicted molar refractivity (Wildman–Crippen MR) is 129 cm³/mol. The topological polar surface area (TPSA) is 63.5 Å². The molecule has 2 aromatic heterocycles. The van der Waals surface area contributed by atoms with Gasteiger partial charge in [0.05, 0.1) is 10.2 Å². The largest absolute Gasteiger partial charge is 0.444 e. The van der Waals surface area contributed by atoms with E-state index in [-0.39, 0.29) is 12.1 Å². The number of hydrogen-bond donors (Lipinski definition) is 0. The van der Waals surface area contributed by atoms with E-state index >= 15 is 0 Å². The maximum atomic E-state index is 12.4. The molecule has 1 aliphatic heterocycles. The van der Waals surface area contributed by atoms with Gasteiger partial charge in [0.1, 0.15) is 11.3 Å². The van der Waals surface area contributed by atoms with Crippen LogP contribution in [0.4, 0.5) is 10.5 Å². The van der Waals surface area contributed by atoms with E-state index in [0.717, 1.165) is 33.6 Å². The van der Waals surface area contributed by atoms with Gasteiger partial charge in [0, 0.05) is 55.5 Å². The number of ether oxygens (including phenoxy) is 1. The summed E-state index contributed by atoms with van der Waals surface area (Å²) in [6, 6.07) is 12.4. The highest BCUT2D eigenvalue weighted by molar-refractivity contribution is 9.10. The molecule has 168 valence electrons. The first kappa shape index (κ1) is 22.3. The molecule has 0 aliphatic carbocycles. The summed E-state index contributed by atoms with van der Waals surface area (Å²) in [7, 11) is 0. The summed E-state index contributed by atoms with van der Waals surface area (Å²) < 4.78 is 8.33. The van der Waals surface area contributed by atoms with Crippen molar-refractivity contribution in [2.24, 2.45) is 0 Å². The first-order valence-corrected chi connectivity index (χ1v) is 11.5. The van der Waals surface area contributed by atoms with Crippen LogP contribution in [0.2, 0.25) is 0 Å². The normalized spacial score (nSPS) is 16.8. The number of carbonyl (C=O) groups excluding carboxylic acids is 1. The molecular weight excluding hydrogens is 470 g/mol. The summed E-state index contributed by atoms with van der Waals surface area (Å²) in [6.07, 6.45) is 5.25. The van der Waals surface area contributed by atoms with E-state index in [4.69, 9.17) is 9.84 Å². The molecule has 4 rings (SSSR count). The minimum atomic E-state index is -0.480. The number of hydrogen-bond acceptors (Lipinski definition) is 5. The fourth-order valence-corrected chi connectivity index (χ4v) is 4.32. The number of piperazine rings is 1. The molecule has 0 bridgehead atoms. The second-order valence-corrected chi connectivity index (χ2v) is 9.85. The lowest BCUT2D eigenvalue weighted by molar-refractivity contribution is 0.0219. The fourth-order valence-electron chi connectivity index (χ4n) is 3.82. The highest BCUT2D eigenvalue weighted by Gasteiger charge is 2.29. The molecule has 7 nitrogen and oxygen atoms in total. The molecule has 0 radical (unpaired) electrons. The lowest BCUT2D eigenvalue weighted by atomic mass is 10.1. The van der Waals surface area contributed by atoms with Gasteiger partial charge < -0.3 is 14.5 Å². The molecule has 1 amide bonds. The van der Waals surface area contributed by atoms with Gasteiger partial charge in [-0.1, -0.05) is 0 Å². The molecule has 32 heavy (non-hydrogen) atoms. The highest BCUT2D eigenvalue weighted by Crippen LogP contribution is 2.28. The van der Waals surface area contributed by atoms with Crippen LogP contribution in [0, 0.1) is 0 Å². The van der Waals surface area contributed by atoms with E-state index in [0.29, 0.717) is 13.1 Å². The van der Waals surface area contributed by atoms with E-state index in [1.165, 1.54) is 0 Å². The van der Waals surface area contributed by atoms with E-state index in [1.807, 2.05) is 43.8 Å². The number of anilines is 1. The van der Waals surface area contributed by atoms with Crippen molar-refractivity contribution in [2.75, 3.05) is 24.5 Å². The zero-order chi connectivity index (χ0) is 22.9. The number of nitrogens with zero attached hydrogens (tertiary/aromatic N) is 5. The number of carbonyl (C=O) groups is 1. The molecule has 3 heterocycles. The molecule has 0 spiro atoms. The molecule has 3 aromatic rings. The summed E-state index contributed by atoms with van der Waals surface area (Å²) in [4.78, 5) is 20.6. The molecule has 1 fully saturated rings. The molecule has 0 N–H and O–H groups in total. The monoisotopic (exact) mass is 497 g/mol. The minimum Gasteiger partial charge on any atom is -0.444 e. The van der Waals surface area contributed by atoms with Crippen LogP contribution >= 0.6 is 15.9 Å². The minimum absolute atomic E-state index is 0.194. The van der Waals surface area contributed by atoms with Gasteiger partial charge in [0.2, 0.25) is 0 Å². The third kappa shape index (κ3) is 4.96. The molecule has 0 saturated carbocycles. The summed E-state index contributed by atoms with van der Waals surface area (Å²) in [5, 5.41) is 4.74. The second-order valence-electron chi connectivity index (χ2n) is 8.99. The molecule has 0 unspecified atom stereocenters. The van der Waals surface area contributed by atoms with E-state index in [2.05, 4.69) is 57.0 Å². The van der Waals surface area contributed by atoms with Crippen LogP contribution in [-0.4, -0.2) is 57.0 Å². The zero-order valence-corrected chi connectivity index (χ0v) is 20.4. The summed E-state index contributed by atoms with van der Waals surface area (Å²) in [5.41, 5.74) is 3.52. The van der Waals surface area contributed by atoms with Crippen molar-refractivity contribution in [1.82, 2.24) is 19.7 Å². The van der Waals surface area contributed by atoms with Gasteiger partial charge in [-0.05, 0) is 80.0 Å². The number of halogens is 1. The highest BCUT2D eigenvalue weighted by atomic mass is 79.9. The van der Waals surface area contributed by atoms with Crippen LogP contribution < -0.4 is 4.90 Å². The molecular formula is C24H28BrN5O2. The van der Waals surface area contributed by atoms with Crippen LogP contribution in [0.15, 0.2) is 59.5 Å². The van der Waals surface area contributed by atoms with Crippen LogP contribution in [0.3, 0.4) is 0 Å². The Kier molecular flexibility index (Phi) is 6.24. The van der Waals surface area contributed by atoms with Crippen molar-refractivity contribution in [3.63, 3.8) is 0 Å². The third-order valence-electron chi connectivity index (χ3n) is 5.35. The van der Waals surface area contributed by atoms with Gasteiger partial charge >= 0.3 is 6.09 Å². The van der Waals surface area contributed by atoms with E-state index in [1.54, 1.807) is 17.3 Å². The van der Waals surface area contributed by atoms with Gasteiger partial charge in [0.15, 0.2) is 0 Å². The molecule has 1 aromatic carbocycles. The lowest BCUT2D eigenvalue weighted by Crippen LogP contribution is -2.54. The molecule has 1 saturated heterocycles. The Bertz CT molecular complexity index is 1080. The maximum absolute atomic E-state index is 12.4.